The van der Waals surface area contributed by atoms with Crippen LogP contribution in [0.15, 0.2) is 0 Å². The average Bonchev–Trinajstić information content (AvgIpc) is 2.88. The first kappa shape index (κ1) is 13.4. The summed E-state index contributed by atoms with van der Waals surface area (Å²) < 4.78 is 9.30. The first-order valence-electron chi connectivity index (χ1n) is 6.12. The van der Waals surface area contributed by atoms with E-state index in [0.717, 1.165) is 35.6 Å². The van der Waals surface area contributed by atoms with Crippen molar-refractivity contribution in [1.29, 1.82) is 0 Å². The van der Waals surface area contributed by atoms with Crippen molar-refractivity contribution in [3.05, 3.63) is 11.5 Å². The molecule has 100 valence electrons. The summed E-state index contributed by atoms with van der Waals surface area (Å²) in [4.78, 5) is 4.60. The van der Waals surface area contributed by atoms with Crippen LogP contribution in [0.5, 0.6) is 0 Å². The molecule has 0 aliphatic heterocycles. The third-order valence-electron chi connectivity index (χ3n) is 3.17. The fraction of sp³-hybridized carbons (Fsp3) is 0.667. The van der Waals surface area contributed by atoms with E-state index >= 15 is 0 Å². The number of fused-ring (bicyclic) bond motifs is 1. The fourth-order valence-corrected chi connectivity index (χ4v) is 2.35. The standard InChI is InChI=1S/C12H19ClN4O/c1-5-9-11-12(16(3)15-9)17(7-8(2)18-4)10(6-13)14-11/h8H,5-7H2,1-4H3. The van der Waals surface area contributed by atoms with Crippen molar-refractivity contribution in [2.75, 3.05) is 7.11 Å². The number of methoxy groups -OCH3 is 1. The van der Waals surface area contributed by atoms with Crippen molar-refractivity contribution in [2.45, 2.75) is 38.8 Å². The lowest BCUT2D eigenvalue weighted by Gasteiger charge is -2.13. The molecule has 0 spiro atoms. The number of halogens is 1. The number of hydrogen-bond donors (Lipinski definition) is 0. The molecular weight excluding hydrogens is 252 g/mol. The molecule has 6 heteroatoms. The third kappa shape index (κ3) is 2.12. The minimum absolute atomic E-state index is 0.115. The van der Waals surface area contributed by atoms with Crippen LogP contribution in [0.2, 0.25) is 0 Å². The number of aromatic nitrogens is 4. The zero-order valence-corrected chi connectivity index (χ0v) is 12.0. The quantitative estimate of drug-likeness (QED) is 0.782. The number of hydrogen-bond acceptors (Lipinski definition) is 3. The van der Waals surface area contributed by atoms with Gasteiger partial charge in [-0.05, 0) is 13.3 Å². The lowest BCUT2D eigenvalue weighted by atomic mass is 10.3. The van der Waals surface area contributed by atoms with E-state index in [0.29, 0.717) is 5.88 Å². The molecule has 5 nitrogen and oxygen atoms in total. The molecule has 0 aliphatic rings. The molecule has 1 unspecified atom stereocenters. The zero-order chi connectivity index (χ0) is 13.3. The highest BCUT2D eigenvalue weighted by molar-refractivity contribution is 6.16. The van der Waals surface area contributed by atoms with E-state index in [4.69, 9.17) is 16.3 Å². The van der Waals surface area contributed by atoms with Gasteiger partial charge in [-0.15, -0.1) is 11.6 Å². The third-order valence-corrected chi connectivity index (χ3v) is 3.41. The molecule has 0 N–H and O–H groups in total. The van der Waals surface area contributed by atoms with Gasteiger partial charge in [0.1, 0.15) is 11.3 Å². The molecule has 2 rings (SSSR count). The van der Waals surface area contributed by atoms with Gasteiger partial charge >= 0.3 is 0 Å². The Hall–Kier alpha value is -1.07. The normalized spacial score (nSPS) is 13.4. The van der Waals surface area contributed by atoms with E-state index in [1.54, 1.807) is 7.11 Å². The summed E-state index contributed by atoms with van der Waals surface area (Å²) in [6.07, 6.45) is 0.986. The van der Waals surface area contributed by atoms with Crippen LogP contribution in [0.4, 0.5) is 0 Å². The van der Waals surface area contributed by atoms with Gasteiger partial charge < -0.3 is 9.30 Å². The van der Waals surface area contributed by atoms with Crippen LogP contribution in [0.1, 0.15) is 25.4 Å². The zero-order valence-electron chi connectivity index (χ0n) is 11.3. The lowest BCUT2D eigenvalue weighted by Crippen LogP contribution is -2.17. The maximum absolute atomic E-state index is 5.98. The Kier molecular flexibility index (Phi) is 3.92. The predicted molar refractivity (Wildman–Crippen MR) is 71.9 cm³/mol. The van der Waals surface area contributed by atoms with E-state index in [1.807, 2.05) is 18.7 Å². The van der Waals surface area contributed by atoms with Crippen LogP contribution >= 0.6 is 11.6 Å². The lowest BCUT2D eigenvalue weighted by molar-refractivity contribution is 0.103. The molecule has 0 amide bonds. The molecule has 2 heterocycles. The van der Waals surface area contributed by atoms with Gasteiger partial charge in [0.05, 0.1) is 24.2 Å². The van der Waals surface area contributed by atoms with Crippen molar-refractivity contribution >= 4 is 22.8 Å². The van der Waals surface area contributed by atoms with Gasteiger partial charge in [0.15, 0.2) is 5.65 Å². The molecular formula is C12H19ClN4O. The molecule has 0 saturated carbocycles. The average molecular weight is 271 g/mol. The molecule has 0 saturated heterocycles. The van der Waals surface area contributed by atoms with Gasteiger partial charge in [0.25, 0.3) is 0 Å². The summed E-state index contributed by atoms with van der Waals surface area (Å²) in [5, 5.41) is 4.49. The van der Waals surface area contributed by atoms with Crippen molar-refractivity contribution in [3.63, 3.8) is 0 Å². The van der Waals surface area contributed by atoms with Crippen LogP contribution in [0.3, 0.4) is 0 Å². The molecule has 0 aliphatic carbocycles. The number of alkyl halides is 1. The van der Waals surface area contributed by atoms with Crippen LogP contribution in [-0.4, -0.2) is 32.5 Å². The van der Waals surface area contributed by atoms with Crippen molar-refractivity contribution in [1.82, 2.24) is 19.3 Å². The maximum atomic E-state index is 5.98. The van der Waals surface area contributed by atoms with Crippen LogP contribution < -0.4 is 0 Å². The van der Waals surface area contributed by atoms with Gasteiger partial charge in [-0.1, -0.05) is 6.92 Å². The minimum atomic E-state index is 0.115. The SMILES string of the molecule is CCc1nn(C)c2c1nc(CCl)n2CC(C)OC. The van der Waals surface area contributed by atoms with Gasteiger partial charge in [0.2, 0.25) is 0 Å². The summed E-state index contributed by atoms with van der Waals surface area (Å²) >= 11 is 5.98. The Morgan fingerprint density at radius 1 is 1.44 bits per heavy atom. The number of nitrogens with zero attached hydrogens (tertiary/aromatic N) is 4. The second kappa shape index (κ2) is 5.28. The minimum Gasteiger partial charge on any atom is -0.380 e. The van der Waals surface area contributed by atoms with Crippen LogP contribution in [0.25, 0.3) is 11.2 Å². The highest BCUT2D eigenvalue weighted by Crippen LogP contribution is 2.21. The van der Waals surface area contributed by atoms with Crippen molar-refractivity contribution < 1.29 is 4.74 Å². The maximum Gasteiger partial charge on any atom is 0.158 e. The second-order valence-corrected chi connectivity index (χ2v) is 4.68. The first-order chi connectivity index (χ1) is 8.62. The van der Waals surface area contributed by atoms with E-state index < -0.39 is 0 Å². The van der Waals surface area contributed by atoms with E-state index in [2.05, 4.69) is 21.6 Å². The van der Waals surface area contributed by atoms with Gasteiger partial charge in [-0.25, -0.2) is 4.98 Å². The van der Waals surface area contributed by atoms with Crippen molar-refractivity contribution in [3.8, 4) is 0 Å². The molecule has 0 bridgehead atoms. The Morgan fingerprint density at radius 2 is 2.17 bits per heavy atom. The molecule has 0 fully saturated rings. The highest BCUT2D eigenvalue weighted by Gasteiger charge is 2.19. The second-order valence-electron chi connectivity index (χ2n) is 4.41. The van der Waals surface area contributed by atoms with Gasteiger partial charge in [-0.2, -0.15) is 5.10 Å². The molecule has 2 aromatic rings. The van der Waals surface area contributed by atoms with E-state index in [1.165, 1.54) is 0 Å². The molecule has 0 radical (unpaired) electrons. The predicted octanol–water partition coefficient (Wildman–Crippen LogP) is 2.11. The van der Waals surface area contributed by atoms with E-state index in [9.17, 15) is 0 Å². The molecule has 1 atom stereocenters. The smallest absolute Gasteiger partial charge is 0.158 e. The summed E-state index contributed by atoms with van der Waals surface area (Å²) in [6, 6.07) is 0. The number of aryl methyl sites for hydroxylation is 2. The fourth-order valence-electron chi connectivity index (χ4n) is 2.15. The Morgan fingerprint density at radius 3 is 2.72 bits per heavy atom. The van der Waals surface area contributed by atoms with Crippen LogP contribution in [-0.2, 0) is 30.6 Å². The van der Waals surface area contributed by atoms with Gasteiger partial charge in [0, 0.05) is 14.2 Å². The molecule has 2 aromatic heterocycles. The Bertz CT molecular complexity index is 546. The molecule has 18 heavy (non-hydrogen) atoms. The highest BCUT2D eigenvalue weighted by atomic mass is 35.5. The summed E-state index contributed by atoms with van der Waals surface area (Å²) in [7, 11) is 3.65. The number of rotatable bonds is 5. The number of ether oxygens (including phenoxy) is 1. The Labute approximate surface area is 112 Å². The van der Waals surface area contributed by atoms with Gasteiger partial charge in [-0.3, -0.25) is 4.68 Å². The van der Waals surface area contributed by atoms with Crippen LogP contribution in [0, 0.1) is 0 Å². The first-order valence-corrected chi connectivity index (χ1v) is 6.65. The number of imidazole rings is 1. The van der Waals surface area contributed by atoms with Crippen molar-refractivity contribution in [2.24, 2.45) is 7.05 Å². The molecule has 0 aromatic carbocycles. The monoisotopic (exact) mass is 270 g/mol. The topological polar surface area (TPSA) is 44.9 Å². The summed E-state index contributed by atoms with van der Waals surface area (Å²) in [5.41, 5.74) is 2.99. The summed E-state index contributed by atoms with van der Waals surface area (Å²) in [6.45, 7) is 4.84. The van der Waals surface area contributed by atoms with E-state index in [-0.39, 0.29) is 6.10 Å². The largest absolute Gasteiger partial charge is 0.380 e. The Balaban J connectivity index is 2.57. The summed E-state index contributed by atoms with van der Waals surface area (Å²) in [5.74, 6) is 1.27.